The molecule has 2 fully saturated rings. The van der Waals surface area contributed by atoms with Gasteiger partial charge < -0.3 is 24.4 Å². The summed E-state index contributed by atoms with van der Waals surface area (Å²) in [5.41, 5.74) is 0. The van der Waals surface area contributed by atoms with Crippen LogP contribution in [0.15, 0.2) is 24.3 Å². The summed E-state index contributed by atoms with van der Waals surface area (Å²) in [4.78, 5) is 14.3. The number of halogens is 1. The van der Waals surface area contributed by atoms with Gasteiger partial charge in [-0.05, 0) is 12.1 Å². The Morgan fingerprint density at radius 2 is 2.14 bits per heavy atom. The summed E-state index contributed by atoms with van der Waals surface area (Å²) in [6, 6.07) is 7.45. The number of fused-ring (bicyclic) bond motifs is 1. The SMILES string of the molecule is COc1ccccc1OCC(=O)N1CCO[C@H]2CNC[C@H]21.Cl. The van der Waals surface area contributed by atoms with Crippen LogP contribution in [0.3, 0.4) is 0 Å². The number of hydrogen-bond acceptors (Lipinski definition) is 5. The summed E-state index contributed by atoms with van der Waals surface area (Å²) in [5.74, 6) is 1.21. The van der Waals surface area contributed by atoms with Gasteiger partial charge in [-0.1, -0.05) is 12.1 Å². The average Bonchev–Trinajstić information content (AvgIpc) is 3.01. The van der Waals surface area contributed by atoms with E-state index in [9.17, 15) is 4.79 Å². The normalized spacial score (nSPS) is 23.4. The smallest absolute Gasteiger partial charge is 0.260 e. The molecule has 3 rings (SSSR count). The zero-order chi connectivity index (χ0) is 14.7. The van der Waals surface area contributed by atoms with Crippen LogP contribution >= 0.6 is 12.4 Å². The zero-order valence-corrected chi connectivity index (χ0v) is 13.3. The van der Waals surface area contributed by atoms with Crippen LogP contribution < -0.4 is 14.8 Å². The second-order valence-corrected chi connectivity index (χ2v) is 5.16. The Labute approximate surface area is 136 Å². The van der Waals surface area contributed by atoms with Crippen molar-refractivity contribution < 1.29 is 19.0 Å². The molecule has 0 spiro atoms. The van der Waals surface area contributed by atoms with Crippen LogP contribution in [0.2, 0.25) is 0 Å². The van der Waals surface area contributed by atoms with E-state index in [0.29, 0.717) is 24.7 Å². The first-order valence-electron chi connectivity index (χ1n) is 7.17. The van der Waals surface area contributed by atoms with Crippen molar-refractivity contribution in [3.63, 3.8) is 0 Å². The quantitative estimate of drug-likeness (QED) is 0.881. The molecule has 0 radical (unpaired) electrons. The number of morpholine rings is 1. The van der Waals surface area contributed by atoms with Crippen molar-refractivity contribution in [2.24, 2.45) is 0 Å². The molecule has 1 N–H and O–H groups in total. The van der Waals surface area contributed by atoms with Crippen LogP contribution in [0.1, 0.15) is 0 Å². The van der Waals surface area contributed by atoms with Crippen LogP contribution in [0, 0.1) is 0 Å². The largest absolute Gasteiger partial charge is 0.493 e. The van der Waals surface area contributed by atoms with Crippen LogP contribution in [0.5, 0.6) is 11.5 Å². The van der Waals surface area contributed by atoms with Crippen molar-refractivity contribution in [1.29, 1.82) is 0 Å². The molecule has 0 aromatic heterocycles. The van der Waals surface area contributed by atoms with Gasteiger partial charge in [-0.15, -0.1) is 12.4 Å². The summed E-state index contributed by atoms with van der Waals surface area (Å²) >= 11 is 0. The predicted molar refractivity (Wildman–Crippen MR) is 83.8 cm³/mol. The van der Waals surface area contributed by atoms with Crippen LogP contribution in [-0.2, 0) is 9.53 Å². The molecule has 0 saturated carbocycles. The van der Waals surface area contributed by atoms with E-state index < -0.39 is 0 Å². The molecule has 2 aliphatic rings. The summed E-state index contributed by atoms with van der Waals surface area (Å²) in [7, 11) is 1.58. The van der Waals surface area contributed by atoms with E-state index >= 15 is 0 Å². The lowest BCUT2D eigenvalue weighted by Gasteiger charge is -2.36. The van der Waals surface area contributed by atoms with E-state index in [1.807, 2.05) is 23.1 Å². The maximum Gasteiger partial charge on any atom is 0.260 e. The number of para-hydroxylation sites is 2. The summed E-state index contributed by atoms with van der Waals surface area (Å²) < 4.78 is 16.5. The van der Waals surface area contributed by atoms with Gasteiger partial charge in [0.15, 0.2) is 18.1 Å². The van der Waals surface area contributed by atoms with Gasteiger partial charge in [0.2, 0.25) is 0 Å². The minimum Gasteiger partial charge on any atom is -0.493 e. The van der Waals surface area contributed by atoms with Crippen LogP contribution in [0.4, 0.5) is 0 Å². The standard InChI is InChI=1S/C15H20N2O4.ClH/c1-19-12-4-2-3-5-13(12)21-10-15(18)17-6-7-20-14-9-16-8-11(14)17;/h2-5,11,14,16H,6-10H2,1H3;1H/t11-,14+;/m1./s1. The summed E-state index contributed by atoms with van der Waals surface area (Å²) in [5, 5.41) is 3.26. The number of rotatable bonds is 4. The predicted octanol–water partition coefficient (Wildman–Crippen LogP) is 0.695. The number of amides is 1. The van der Waals surface area contributed by atoms with Gasteiger partial charge in [-0.3, -0.25) is 4.79 Å². The van der Waals surface area contributed by atoms with Crippen molar-refractivity contribution in [2.75, 3.05) is 40.0 Å². The fourth-order valence-electron chi connectivity index (χ4n) is 2.86. The Bertz CT molecular complexity index is 514. The van der Waals surface area contributed by atoms with Gasteiger partial charge in [0.1, 0.15) is 0 Å². The fourth-order valence-corrected chi connectivity index (χ4v) is 2.86. The molecule has 0 aliphatic carbocycles. The number of methoxy groups -OCH3 is 1. The summed E-state index contributed by atoms with van der Waals surface area (Å²) in [6.07, 6.45) is 0.106. The number of carbonyl (C=O) groups is 1. The molecule has 1 aromatic carbocycles. The van der Waals surface area contributed by atoms with Crippen molar-refractivity contribution >= 4 is 18.3 Å². The molecule has 1 aromatic rings. The molecule has 22 heavy (non-hydrogen) atoms. The van der Waals surface area contributed by atoms with E-state index in [1.165, 1.54) is 0 Å². The first kappa shape index (κ1) is 16.9. The number of nitrogens with zero attached hydrogens (tertiary/aromatic N) is 1. The molecule has 2 heterocycles. The number of nitrogens with one attached hydrogen (secondary N) is 1. The van der Waals surface area contributed by atoms with Crippen LogP contribution in [-0.4, -0.2) is 62.9 Å². The Hall–Kier alpha value is -1.50. The lowest BCUT2D eigenvalue weighted by atomic mass is 10.1. The third-order valence-electron chi connectivity index (χ3n) is 3.93. The second-order valence-electron chi connectivity index (χ2n) is 5.16. The number of carbonyl (C=O) groups excluding carboxylic acids is 1. The summed E-state index contributed by atoms with van der Waals surface area (Å²) in [6.45, 7) is 2.82. The average molecular weight is 329 g/mol. The van der Waals surface area contributed by atoms with Gasteiger partial charge in [-0.25, -0.2) is 0 Å². The Balaban J connectivity index is 0.00000176. The number of ether oxygens (including phenoxy) is 3. The third-order valence-corrected chi connectivity index (χ3v) is 3.93. The first-order valence-corrected chi connectivity index (χ1v) is 7.17. The minimum atomic E-state index is -0.0112. The maximum absolute atomic E-state index is 12.4. The highest BCUT2D eigenvalue weighted by Gasteiger charge is 2.38. The van der Waals surface area contributed by atoms with Crippen LogP contribution in [0.25, 0.3) is 0 Å². The molecule has 6 nitrogen and oxygen atoms in total. The molecule has 0 unspecified atom stereocenters. The lowest BCUT2D eigenvalue weighted by molar-refractivity contribution is -0.144. The molecule has 7 heteroatoms. The Morgan fingerprint density at radius 3 is 2.91 bits per heavy atom. The Morgan fingerprint density at radius 1 is 1.36 bits per heavy atom. The highest BCUT2D eigenvalue weighted by atomic mass is 35.5. The van der Waals surface area contributed by atoms with Crippen molar-refractivity contribution in [3.8, 4) is 11.5 Å². The highest BCUT2D eigenvalue weighted by Crippen LogP contribution is 2.26. The molecule has 1 amide bonds. The fraction of sp³-hybridized carbons (Fsp3) is 0.533. The molecule has 2 aliphatic heterocycles. The van der Waals surface area contributed by atoms with Gasteiger partial charge in [0.05, 0.1) is 25.9 Å². The number of benzene rings is 1. The van der Waals surface area contributed by atoms with E-state index in [-0.39, 0.29) is 37.1 Å². The van der Waals surface area contributed by atoms with Crippen molar-refractivity contribution in [2.45, 2.75) is 12.1 Å². The second kappa shape index (κ2) is 7.67. The Kier molecular flexibility index (Phi) is 5.88. The monoisotopic (exact) mass is 328 g/mol. The highest BCUT2D eigenvalue weighted by molar-refractivity contribution is 5.85. The van der Waals surface area contributed by atoms with Gasteiger partial charge in [0.25, 0.3) is 5.91 Å². The zero-order valence-electron chi connectivity index (χ0n) is 12.5. The van der Waals surface area contributed by atoms with E-state index in [4.69, 9.17) is 14.2 Å². The number of hydrogen-bond donors (Lipinski definition) is 1. The lowest BCUT2D eigenvalue weighted by Crippen LogP contribution is -2.54. The maximum atomic E-state index is 12.4. The van der Waals surface area contributed by atoms with Gasteiger partial charge >= 0.3 is 0 Å². The third kappa shape index (κ3) is 3.45. The molecule has 122 valence electrons. The van der Waals surface area contributed by atoms with E-state index in [2.05, 4.69) is 5.32 Å². The first-order chi connectivity index (χ1) is 10.3. The van der Waals surface area contributed by atoms with Crippen molar-refractivity contribution in [3.05, 3.63) is 24.3 Å². The van der Waals surface area contributed by atoms with Gasteiger partial charge in [-0.2, -0.15) is 0 Å². The van der Waals surface area contributed by atoms with Crippen molar-refractivity contribution in [1.82, 2.24) is 10.2 Å². The minimum absolute atomic E-state index is 0. The van der Waals surface area contributed by atoms with E-state index in [1.54, 1.807) is 13.2 Å². The molecular weight excluding hydrogens is 308 g/mol. The van der Waals surface area contributed by atoms with Gasteiger partial charge in [0, 0.05) is 19.6 Å². The van der Waals surface area contributed by atoms with E-state index in [0.717, 1.165) is 13.1 Å². The molecule has 2 atom stereocenters. The molecule has 2 saturated heterocycles. The topological polar surface area (TPSA) is 60.0 Å². The molecular formula is C15H21ClN2O4. The molecule has 0 bridgehead atoms.